The minimum Gasteiger partial charge on any atom is -0.311 e. The van der Waals surface area contributed by atoms with Crippen LogP contribution in [0.3, 0.4) is 0 Å². The standard InChI is InChI=1S/C15H26N2S/c1-3-4-14-7-9-17(12-14)10-8-16-11-15-6-5-13(2)18-15/h5-6,14,16H,3-4,7-12H2,1-2H3. The molecule has 1 N–H and O–H groups in total. The van der Waals surface area contributed by atoms with Crippen molar-refractivity contribution in [3.05, 3.63) is 21.9 Å². The highest BCUT2D eigenvalue weighted by molar-refractivity contribution is 7.11. The van der Waals surface area contributed by atoms with Crippen LogP contribution in [0, 0.1) is 12.8 Å². The predicted molar refractivity (Wildman–Crippen MR) is 80.2 cm³/mol. The van der Waals surface area contributed by atoms with Gasteiger partial charge in [0.05, 0.1) is 0 Å². The van der Waals surface area contributed by atoms with E-state index in [4.69, 9.17) is 0 Å². The van der Waals surface area contributed by atoms with Gasteiger partial charge in [0.15, 0.2) is 0 Å². The third-order valence-electron chi connectivity index (χ3n) is 3.77. The second-order valence-electron chi connectivity index (χ2n) is 5.43. The maximum absolute atomic E-state index is 3.56. The van der Waals surface area contributed by atoms with Crippen LogP contribution in [-0.4, -0.2) is 31.1 Å². The van der Waals surface area contributed by atoms with E-state index in [0.29, 0.717) is 0 Å². The summed E-state index contributed by atoms with van der Waals surface area (Å²) in [5.41, 5.74) is 0. The molecule has 1 aliphatic heterocycles. The molecule has 0 aromatic carbocycles. The first-order valence-corrected chi connectivity index (χ1v) is 8.08. The number of aryl methyl sites for hydroxylation is 1. The number of nitrogens with one attached hydrogen (secondary N) is 1. The van der Waals surface area contributed by atoms with Crippen LogP contribution in [0.25, 0.3) is 0 Å². The van der Waals surface area contributed by atoms with E-state index in [1.807, 2.05) is 11.3 Å². The lowest BCUT2D eigenvalue weighted by Gasteiger charge is -2.16. The zero-order chi connectivity index (χ0) is 12.8. The van der Waals surface area contributed by atoms with Crippen molar-refractivity contribution in [2.45, 2.75) is 39.7 Å². The highest BCUT2D eigenvalue weighted by Gasteiger charge is 2.20. The number of hydrogen-bond acceptors (Lipinski definition) is 3. The quantitative estimate of drug-likeness (QED) is 0.762. The zero-order valence-corrected chi connectivity index (χ0v) is 12.6. The molecule has 0 saturated carbocycles. The maximum Gasteiger partial charge on any atom is 0.0300 e. The fraction of sp³-hybridized carbons (Fsp3) is 0.733. The molecule has 0 radical (unpaired) electrons. The number of thiophene rings is 1. The fourth-order valence-electron chi connectivity index (χ4n) is 2.79. The molecule has 3 heteroatoms. The lowest BCUT2D eigenvalue weighted by atomic mass is 10.0. The number of nitrogens with zero attached hydrogens (tertiary/aromatic N) is 1. The number of rotatable bonds is 7. The van der Waals surface area contributed by atoms with Gasteiger partial charge in [-0.1, -0.05) is 13.3 Å². The van der Waals surface area contributed by atoms with Crippen molar-refractivity contribution in [1.82, 2.24) is 10.2 Å². The van der Waals surface area contributed by atoms with Crippen molar-refractivity contribution < 1.29 is 0 Å². The first-order chi connectivity index (χ1) is 8.78. The Balaban J connectivity index is 1.56. The molecule has 18 heavy (non-hydrogen) atoms. The second kappa shape index (κ2) is 7.27. The summed E-state index contributed by atoms with van der Waals surface area (Å²) < 4.78 is 0. The molecule has 1 fully saturated rings. The summed E-state index contributed by atoms with van der Waals surface area (Å²) in [6.07, 6.45) is 4.17. The van der Waals surface area contributed by atoms with Crippen LogP contribution in [0.1, 0.15) is 35.9 Å². The van der Waals surface area contributed by atoms with Crippen molar-refractivity contribution in [3.63, 3.8) is 0 Å². The lowest BCUT2D eigenvalue weighted by molar-refractivity contribution is 0.318. The zero-order valence-electron chi connectivity index (χ0n) is 11.7. The summed E-state index contributed by atoms with van der Waals surface area (Å²) in [6.45, 7) is 10.5. The molecule has 2 rings (SSSR count). The SMILES string of the molecule is CCCC1CCN(CCNCc2ccc(C)s2)C1. The average molecular weight is 266 g/mol. The van der Waals surface area contributed by atoms with E-state index in [1.165, 1.54) is 48.7 Å². The van der Waals surface area contributed by atoms with Gasteiger partial charge in [-0.2, -0.15) is 0 Å². The molecular formula is C15H26N2S. The first-order valence-electron chi connectivity index (χ1n) is 7.26. The summed E-state index contributed by atoms with van der Waals surface area (Å²) in [5.74, 6) is 0.968. The van der Waals surface area contributed by atoms with Crippen LogP contribution < -0.4 is 5.32 Å². The minimum atomic E-state index is 0.968. The molecule has 102 valence electrons. The summed E-state index contributed by atoms with van der Waals surface area (Å²) in [6, 6.07) is 4.44. The van der Waals surface area contributed by atoms with Crippen molar-refractivity contribution in [2.75, 3.05) is 26.2 Å². The van der Waals surface area contributed by atoms with Gasteiger partial charge in [-0.25, -0.2) is 0 Å². The molecule has 0 bridgehead atoms. The lowest BCUT2D eigenvalue weighted by Crippen LogP contribution is -2.30. The molecule has 1 aliphatic rings. The van der Waals surface area contributed by atoms with Crippen molar-refractivity contribution in [1.29, 1.82) is 0 Å². The van der Waals surface area contributed by atoms with Crippen LogP contribution in [0.4, 0.5) is 0 Å². The monoisotopic (exact) mass is 266 g/mol. The maximum atomic E-state index is 3.56. The topological polar surface area (TPSA) is 15.3 Å². The van der Waals surface area contributed by atoms with E-state index in [0.717, 1.165) is 19.0 Å². The second-order valence-corrected chi connectivity index (χ2v) is 6.81. The van der Waals surface area contributed by atoms with Crippen LogP contribution >= 0.6 is 11.3 Å². The molecule has 2 nitrogen and oxygen atoms in total. The summed E-state index contributed by atoms with van der Waals surface area (Å²) in [4.78, 5) is 5.49. The van der Waals surface area contributed by atoms with E-state index in [-0.39, 0.29) is 0 Å². The van der Waals surface area contributed by atoms with Gasteiger partial charge in [-0.05, 0) is 44.4 Å². The Morgan fingerprint density at radius 2 is 2.33 bits per heavy atom. The Hall–Kier alpha value is -0.380. The van der Waals surface area contributed by atoms with Crippen molar-refractivity contribution in [3.8, 4) is 0 Å². The largest absolute Gasteiger partial charge is 0.311 e. The number of likely N-dealkylation sites (tertiary alicyclic amines) is 1. The summed E-state index contributed by atoms with van der Waals surface area (Å²) in [5, 5.41) is 3.56. The Kier molecular flexibility index (Phi) is 5.67. The van der Waals surface area contributed by atoms with Gasteiger partial charge in [0.25, 0.3) is 0 Å². The Morgan fingerprint density at radius 3 is 3.06 bits per heavy atom. The molecule has 1 atom stereocenters. The summed E-state index contributed by atoms with van der Waals surface area (Å²) in [7, 11) is 0. The van der Waals surface area contributed by atoms with Gasteiger partial charge < -0.3 is 10.2 Å². The normalized spacial score (nSPS) is 20.7. The van der Waals surface area contributed by atoms with E-state index in [9.17, 15) is 0 Å². The molecule has 1 unspecified atom stereocenters. The number of hydrogen-bond donors (Lipinski definition) is 1. The van der Waals surface area contributed by atoms with Crippen molar-refractivity contribution in [2.24, 2.45) is 5.92 Å². The first kappa shape index (κ1) is 14.0. The van der Waals surface area contributed by atoms with Gasteiger partial charge in [0, 0.05) is 35.9 Å². The van der Waals surface area contributed by atoms with Gasteiger partial charge in [-0.3, -0.25) is 0 Å². The molecule has 1 aromatic heterocycles. The molecule has 1 aromatic rings. The van der Waals surface area contributed by atoms with Gasteiger partial charge in [0.2, 0.25) is 0 Å². The minimum absolute atomic E-state index is 0.968. The van der Waals surface area contributed by atoms with E-state index in [1.54, 1.807) is 0 Å². The Bertz CT molecular complexity index is 348. The fourth-order valence-corrected chi connectivity index (χ4v) is 3.65. The van der Waals surface area contributed by atoms with E-state index < -0.39 is 0 Å². The molecule has 0 aliphatic carbocycles. The van der Waals surface area contributed by atoms with Crippen LogP contribution in [0.15, 0.2) is 12.1 Å². The molecule has 2 heterocycles. The molecule has 0 spiro atoms. The highest BCUT2D eigenvalue weighted by Crippen LogP contribution is 2.20. The average Bonchev–Trinajstić information content (AvgIpc) is 2.95. The van der Waals surface area contributed by atoms with Crippen LogP contribution in [-0.2, 0) is 6.54 Å². The predicted octanol–water partition coefficient (Wildman–Crippen LogP) is 3.27. The Morgan fingerprint density at radius 1 is 1.44 bits per heavy atom. The third kappa shape index (κ3) is 4.38. The smallest absolute Gasteiger partial charge is 0.0300 e. The third-order valence-corrected chi connectivity index (χ3v) is 4.77. The molecule has 0 amide bonds. The molecule has 1 saturated heterocycles. The van der Waals surface area contributed by atoms with Crippen LogP contribution in [0.5, 0.6) is 0 Å². The Labute approximate surface area is 115 Å². The van der Waals surface area contributed by atoms with Crippen LogP contribution in [0.2, 0.25) is 0 Å². The van der Waals surface area contributed by atoms with Gasteiger partial charge in [0.1, 0.15) is 0 Å². The van der Waals surface area contributed by atoms with Gasteiger partial charge in [-0.15, -0.1) is 11.3 Å². The highest BCUT2D eigenvalue weighted by atomic mass is 32.1. The summed E-state index contributed by atoms with van der Waals surface area (Å²) >= 11 is 1.90. The van der Waals surface area contributed by atoms with Gasteiger partial charge >= 0.3 is 0 Å². The molecular weight excluding hydrogens is 240 g/mol. The van der Waals surface area contributed by atoms with E-state index in [2.05, 4.69) is 36.2 Å². The van der Waals surface area contributed by atoms with Crippen molar-refractivity contribution >= 4 is 11.3 Å². The van der Waals surface area contributed by atoms with E-state index >= 15 is 0 Å².